The van der Waals surface area contributed by atoms with Crippen LogP contribution in [0.4, 0.5) is 0 Å². The Morgan fingerprint density at radius 1 is 1.43 bits per heavy atom. The van der Waals surface area contributed by atoms with Gasteiger partial charge in [-0.1, -0.05) is 13.8 Å². The quantitative estimate of drug-likeness (QED) is 0.645. The minimum absolute atomic E-state index is 0.0799. The second kappa shape index (κ2) is 4.78. The van der Waals surface area contributed by atoms with E-state index in [4.69, 9.17) is 4.74 Å². The standard InChI is InChI=1S/C11H21NO2/c1-8(2)10-5-6-12(7-10)9(3)11(13)14-4/h8-10H,5-7H2,1-4H3. The summed E-state index contributed by atoms with van der Waals surface area (Å²) in [5.74, 6) is 1.33. The van der Waals surface area contributed by atoms with Gasteiger partial charge in [-0.2, -0.15) is 0 Å². The topological polar surface area (TPSA) is 29.5 Å². The first kappa shape index (κ1) is 11.5. The lowest BCUT2D eigenvalue weighted by molar-refractivity contribution is -0.145. The highest BCUT2D eigenvalue weighted by Crippen LogP contribution is 2.25. The summed E-state index contributed by atoms with van der Waals surface area (Å²) in [6, 6.07) is -0.0799. The van der Waals surface area contributed by atoms with Crippen LogP contribution in [-0.4, -0.2) is 37.1 Å². The molecule has 82 valence electrons. The lowest BCUT2D eigenvalue weighted by Gasteiger charge is -2.22. The van der Waals surface area contributed by atoms with Crippen molar-refractivity contribution in [3.05, 3.63) is 0 Å². The molecule has 2 unspecified atom stereocenters. The molecule has 0 saturated carbocycles. The number of likely N-dealkylation sites (tertiary alicyclic amines) is 1. The van der Waals surface area contributed by atoms with Crippen LogP contribution in [0.15, 0.2) is 0 Å². The average Bonchev–Trinajstić information content (AvgIpc) is 2.64. The first-order valence-corrected chi connectivity index (χ1v) is 5.38. The first-order valence-electron chi connectivity index (χ1n) is 5.38. The molecule has 2 atom stereocenters. The maximum atomic E-state index is 11.3. The van der Waals surface area contributed by atoms with Gasteiger partial charge in [0.1, 0.15) is 6.04 Å². The van der Waals surface area contributed by atoms with E-state index in [-0.39, 0.29) is 12.0 Å². The molecular formula is C11H21NO2. The highest BCUT2D eigenvalue weighted by Gasteiger charge is 2.31. The minimum Gasteiger partial charge on any atom is -0.468 e. The lowest BCUT2D eigenvalue weighted by atomic mass is 9.95. The molecule has 3 heteroatoms. The van der Waals surface area contributed by atoms with Crippen LogP contribution in [0.5, 0.6) is 0 Å². The van der Waals surface area contributed by atoms with E-state index in [0.29, 0.717) is 5.92 Å². The fraction of sp³-hybridized carbons (Fsp3) is 0.909. The highest BCUT2D eigenvalue weighted by molar-refractivity contribution is 5.75. The summed E-state index contributed by atoms with van der Waals surface area (Å²) in [5, 5.41) is 0. The van der Waals surface area contributed by atoms with Crippen molar-refractivity contribution in [1.82, 2.24) is 4.90 Å². The molecule has 0 bridgehead atoms. The third-order valence-corrected chi connectivity index (χ3v) is 3.29. The molecule has 1 aliphatic heterocycles. The van der Waals surface area contributed by atoms with Gasteiger partial charge in [0.05, 0.1) is 7.11 Å². The Morgan fingerprint density at radius 3 is 2.50 bits per heavy atom. The number of hydrogen-bond acceptors (Lipinski definition) is 3. The van der Waals surface area contributed by atoms with E-state index in [9.17, 15) is 4.79 Å². The Bertz CT molecular complexity index is 203. The summed E-state index contributed by atoms with van der Waals surface area (Å²) in [6.07, 6.45) is 1.21. The molecule has 0 N–H and O–H groups in total. The van der Waals surface area contributed by atoms with E-state index in [1.165, 1.54) is 13.5 Å². The Kier molecular flexibility index (Phi) is 3.93. The molecule has 1 aliphatic rings. The molecule has 0 spiro atoms. The highest BCUT2D eigenvalue weighted by atomic mass is 16.5. The van der Waals surface area contributed by atoms with E-state index in [1.54, 1.807) is 0 Å². The van der Waals surface area contributed by atoms with Crippen LogP contribution in [0, 0.1) is 11.8 Å². The van der Waals surface area contributed by atoms with Gasteiger partial charge in [0, 0.05) is 6.54 Å². The van der Waals surface area contributed by atoms with E-state index in [2.05, 4.69) is 18.7 Å². The zero-order valence-corrected chi connectivity index (χ0v) is 9.62. The molecule has 0 aliphatic carbocycles. The van der Waals surface area contributed by atoms with Crippen molar-refractivity contribution >= 4 is 5.97 Å². The van der Waals surface area contributed by atoms with Crippen LogP contribution in [0.25, 0.3) is 0 Å². The summed E-state index contributed by atoms with van der Waals surface area (Å²) in [5.41, 5.74) is 0. The van der Waals surface area contributed by atoms with Crippen molar-refractivity contribution in [3.63, 3.8) is 0 Å². The summed E-state index contributed by atoms with van der Waals surface area (Å²) in [7, 11) is 1.45. The van der Waals surface area contributed by atoms with Crippen molar-refractivity contribution in [2.24, 2.45) is 11.8 Å². The number of methoxy groups -OCH3 is 1. The minimum atomic E-state index is -0.116. The SMILES string of the molecule is COC(=O)C(C)N1CCC(C(C)C)C1. The van der Waals surface area contributed by atoms with Crippen molar-refractivity contribution in [3.8, 4) is 0 Å². The van der Waals surface area contributed by atoms with Crippen molar-refractivity contribution in [1.29, 1.82) is 0 Å². The Balaban J connectivity index is 2.45. The molecule has 1 saturated heterocycles. The van der Waals surface area contributed by atoms with Crippen LogP contribution in [0.3, 0.4) is 0 Å². The van der Waals surface area contributed by atoms with Gasteiger partial charge in [-0.15, -0.1) is 0 Å². The van der Waals surface area contributed by atoms with Crippen LogP contribution in [0.1, 0.15) is 27.2 Å². The predicted octanol–water partition coefficient (Wildman–Crippen LogP) is 1.53. The molecule has 1 rings (SSSR count). The summed E-state index contributed by atoms with van der Waals surface area (Å²) < 4.78 is 4.74. The maximum absolute atomic E-state index is 11.3. The Morgan fingerprint density at radius 2 is 2.07 bits per heavy atom. The Hall–Kier alpha value is -0.570. The number of carbonyl (C=O) groups is 1. The molecule has 1 fully saturated rings. The molecule has 14 heavy (non-hydrogen) atoms. The summed E-state index contributed by atoms with van der Waals surface area (Å²) in [4.78, 5) is 13.5. The van der Waals surface area contributed by atoms with Gasteiger partial charge in [0.25, 0.3) is 0 Å². The Labute approximate surface area is 86.4 Å². The third-order valence-electron chi connectivity index (χ3n) is 3.29. The van der Waals surface area contributed by atoms with Gasteiger partial charge in [0.2, 0.25) is 0 Å². The average molecular weight is 199 g/mol. The van der Waals surface area contributed by atoms with E-state index in [0.717, 1.165) is 19.0 Å². The zero-order chi connectivity index (χ0) is 10.7. The summed E-state index contributed by atoms with van der Waals surface area (Å²) >= 11 is 0. The first-order chi connectivity index (χ1) is 6.56. The van der Waals surface area contributed by atoms with Crippen molar-refractivity contribution < 1.29 is 9.53 Å². The number of ether oxygens (including phenoxy) is 1. The van der Waals surface area contributed by atoms with E-state index < -0.39 is 0 Å². The molecule has 1 heterocycles. The molecule has 3 nitrogen and oxygen atoms in total. The largest absolute Gasteiger partial charge is 0.468 e. The predicted molar refractivity (Wildman–Crippen MR) is 56.0 cm³/mol. The number of hydrogen-bond donors (Lipinski definition) is 0. The van der Waals surface area contributed by atoms with E-state index >= 15 is 0 Å². The third kappa shape index (κ3) is 2.47. The van der Waals surface area contributed by atoms with Crippen molar-refractivity contribution in [2.75, 3.05) is 20.2 Å². The number of carbonyl (C=O) groups excluding carboxylic acids is 1. The molecule has 0 aromatic carbocycles. The van der Waals surface area contributed by atoms with Gasteiger partial charge in [0.15, 0.2) is 0 Å². The van der Waals surface area contributed by atoms with Gasteiger partial charge in [-0.25, -0.2) is 0 Å². The second-order valence-electron chi connectivity index (χ2n) is 4.49. The van der Waals surface area contributed by atoms with Gasteiger partial charge < -0.3 is 4.74 Å². The smallest absolute Gasteiger partial charge is 0.322 e. The molecule has 0 aromatic rings. The number of nitrogens with zero attached hydrogens (tertiary/aromatic N) is 1. The second-order valence-corrected chi connectivity index (χ2v) is 4.49. The number of esters is 1. The molecule has 0 aromatic heterocycles. The molecular weight excluding hydrogens is 178 g/mol. The fourth-order valence-electron chi connectivity index (χ4n) is 2.03. The van der Waals surface area contributed by atoms with Crippen LogP contribution < -0.4 is 0 Å². The van der Waals surface area contributed by atoms with Gasteiger partial charge in [-0.3, -0.25) is 9.69 Å². The van der Waals surface area contributed by atoms with Gasteiger partial charge in [-0.05, 0) is 31.7 Å². The molecule has 0 radical (unpaired) electrons. The van der Waals surface area contributed by atoms with E-state index in [1.807, 2.05) is 6.92 Å². The summed E-state index contributed by atoms with van der Waals surface area (Å²) in [6.45, 7) is 8.48. The normalized spacial score (nSPS) is 25.4. The van der Waals surface area contributed by atoms with Crippen LogP contribution in [0.2, 0.25) is 0 Å². The number of rotatable bonds is 3. The van der Waals surface area contributed by atoms with Crippen molar-refractivity contribution in [2.45, 2.75) is 33.2 Å². The maximum Gasteiger partial charge on any atom is 0.322 e. The van der Waals surface area contributed by atoms with Crippen LogP contribution >= 0.6 is 0 Å². The van der Waals surface area contributed by atoms with Crippen LogP contribution in [-0.2, 0) is 9.53 Å². The monoisotopic (exact) mass is 199 g/mol. The molecule has 0 amide bonds. The lowest BCUT2D eigenvalue weighted by Crippen LogP contribution is -2.38. The van der Waals surface area contributed by atoms with Gasteiger partial charge >= 0.3 is 5.97 Å². The zero-order valence-electron chi connectivity index (χ0n) is 9.62. The fourth-order valence-corrected chi connectivity index (χ4v) is 2.03.